The molecule has 0 radical (unpaired) electrons. The molecule has 0 spiro atoms. The number of rotatable bonds is 3. The summed E-state index contributed by atoms with van der Waals surface area (Å²) in [5, 5.41) is 0. The Bertz CT molecular complexity index is 754. The third-order valence-electron chi connectivity index (χ3n) is 5.13. The number of hydrogen-bond acceptors (Lipinski definition) is 0. The topological polar surface area (TPSA) is 0 Å². The molecule has 3 aromatic rings. The molecular formula is C22H20. The second-order valence-electron chi connectivity index (χ2n) is 6.19. The second kappa shape index (κ2) is 5.14. The molecule has 1 aliphatic carbocycles. The molecule has 0 atom stereocenters. The summed E-state index contributed by atoms with van der Waals surface area (Å²) in [5.74, 6) is 0. The molecule has 0 N–H and O–H groups in total. The molecule has 0 amide bonds. The summed E-state index contributed by atoms with van der Waals surface area (Å²) in [5.41, 5.74) is 7.32. The van der Waals surface area contributed by atoms with Crippen LogP contribution in [0, 0.1) is 0 Å². The first-order valence-corrected chi connectivity index (χ1v) is 8.08. The van der Waals surface area contributed by atoms with Crippen molar-refractivity contribution in [1.82, 2.24) is 0 Å². The van der Waals surface area contributed by atoms with Gasteiger partial charge in [0.25, 0.3) is 0 Å². The lowest BCUT2D eigenvalue weighted by molar-refractivity contribution is 0.505. The molecule has 0 heteroatoms. The van der Waals surface area contributed by atoms with Crippen LogP contribution in [0.2, 0.25) is 0 Å². The molecule has 3 aromatic carbocycles. The van der Waals surface area contributed by atoms with Crippen molar-refractivity contribution in [1.29, 1.82) is 0 Å². The normalized spacial score (nSPS) is 14.4. The van der Waals surface area contributed by atoms with Crippen LogP contribution in [0.4, 0.5) is 0 Å². The van der Waals surface area contributed by atoms with Gasteiger partial charge in [-0.3, -0.25) is 0 Å². The second-order valence-corrected chi connectivity index (χ2v) is 6.19. The third kappa shape index (κ3) is 1.84. The van der Waals surface area contributed by atoms with Crippen molar-refractivity contribution in [2.24, 2.45) is 0 Å². The highest BCUT2D eigenvalue weighted by molar-refractivity contribution is 5.81. The maximum absolute atomic E-state index is 2.32. The largest absolute Gasteiger partial charge is 0.0642 e. The third-order valence-corrected chi connectivity index (χ3v) is 5.13. The fourth-order valence-electron chi connectivity index (χ4n) is 4.06. The summed E-state index contributed by atoms with van der Waals surface area (Å²) in [6, 6.07) is 28.8. The molecule has 22 heavy (non-hydrogen) atoms. The summed E-state index contributed by atoms with van der Waals surface area (Å²) >= 11 is 0. The highest BCUT2D eigenvalue weighted by Gasteiger charge is 2.41. The van der Waals surface area contributed by atoms with Gasteiger partial charge in [0, 0.05) is 5.41 Å². The average Bonchev–Trinajstić information content (AvgIpc) is 2.87. The maximum Gasteiger partial charge on any atom is 0.0252 e. The SMILES string of the molecule is CCC1(Cc2ccccc2)c2ccccc2-c2ccccc21. The zero-order valence-corrected chi connectivity index (χ0v) is 12.9. The highest BCUT2D eigenvalue weighted by atomic mass is 14.4. The number of benzene rings is 3. The van der Waals surface area contributed by atoms with Gasteiger partial charge in [0.1, 0.15) is 0 Å². The molecular weight excluding hydrogens is 264 g/mol. The van der Waals surface area contributed by atoms with Crippen LogP contribution < -0.4 is 0 Å². The average molecular weight is 284 g/mol. The van der Waals surface area contributed by atoms with Gasteiger partial charge in [0.2, 0.25) is 0 Å². The highest BCUT2D eigenvalue weighted by Crippen LogP contribution is 2.52. The molecule has 0 aromatic heterocycles. The Kier molecular flexibility index (Phi) is 3.11. The lowest BCUT2D eigenvalue weighted by atomic mass is 9.71. The Morgan fingerprint density at radius 3 is 1.68 bits per heavy atom. The van der Waals surface area contributed by atoms with E-state index in [1.54, 1.807) is 0 Å². The predicted molar refractivity (Wildman–Crippen MR) is 93.1 cm³/mol. The van der Waals surface area contributed by atoms with E-state index in [9.17, 15) is 0 Å². The van der Waals surface area contributed by atoms with E-state index in [0.717, 1.165) is 12.8 Å². The van der Waals surface area contributed by atoms with Crippen LogP contribution in [-0.2, 0) is 11.8 Å². The Hall–Kier alpha value is -2.34. The fraction of sp³-hybridized carbons (Fsp3) is 0.182. The minimum absolute atomic E-state index is 0.106. The van der Waals surface area contributed by atoms with Gasteiger partial charge in [-0.15, -0.1) is 0 Å². The smallest absolute Gasteiger partial charge is 0.0252 e. The summed E-state index contributed by atoms with van der Waals surface area (Å²) in [6.07, 6.45) is 2.19. The first kappa shape index (κ1) is 13.3. The fourth-order valence-corrected chi connectivity index (χ4v) is 4.06. The lowest BCUT2D eigenvalue weighted by Gasteiger charge is -2.31. The molecule has 0 unspecified atom stereocenters. The van der Waals surface area contributed by atoms with E-state index >= 15 is 0 Å². The van der Waals surface area contributed by atoms with E-state index in [0.29, 0.717) is 0 Å². The molecule has 0 bridgehead atoms. The van der Waals surface area contributed by atoms with E-state index in [4.69, 9.17) is 0 Å². The van der Waals surface area contributed by atoms with Crippen molar-refractivity contribution in [3.63, 3.8) is 0 Å². The summed E-state index contributed by atoms with van der Waals surface area (Å²) in [7, 11) is 0. The van der Waals surface area contributed by atoms with Crippen molar-refractivity contribution in [3.05, 3.63) is 95.6 Å². The van der Waals surface area contributed by atoms with Gasteiger partial charge in [-0.1, -0.05) is 85.8 Å². The molecule has 108 valence electrons. The standard InChI is InChI=1S/C22H20/c1-2-22(16-17-10-4-3-5-11-17)20-14-8-6-12-18(20)19-13-7-9-15-21(19)22/h3-15H,2,16H2,1H3. The molecule has 4 rings (SSSR count). The van der Waals surface area contributed by atoms with Crippen molar-refractivity contribution >= 4 is 0 Å². The van der Waals surface area contributed by atoms with Crippen LogP contribution in [0.15, 0.2) is 78.9 Å². The van der Waals surface area contributed by atoms with Crippen molar-refractivity contribution < 1.29 is 0 Å². The summed E-state index contributed by atoms with van der Waals surface area (Å²) in [4.78, 5) is 0. The van der Waals surface area contributed by atoms with Crippen molar-refractivity contribution in [2.45, 2.75) is 25.2 Å². The van der Waals surface area contributed by atoms with Crippen molar-refractivity contribution in [3.8, 4) is 11.1 Å². The number of hydrogen-bond donors (Lipinski definition) is 0. The van der Waals surface area contributed by atoms with Gasteiger partial charge in [-0.05, 0) is 40.7 Å². The monoisotopic (exact) mass is 284 g/mol. The van der Waals surface area contributed by atoms with E-state index in [2.05, 4.69) is 85.8 Å². The number of fused-ring (bicyclic) bond motifs is 3. The maximum atomic E-state index is 2.32. The molecule has 0 saturated carbocycles. The van der Waals surface area contributed by atoms with Gasteiger partial charge in [0.05, 0.1) is 0 Å². The zero-order valence-electron chi connectivity index (χ0n) is 12.9. The van der Waals surface area contributed by atoms with Crippen LogP contribution >= 0.6 is 0 Å². The van der Waals surface area contributed by atoms with Gasteiger partial charge in [-0.25, -0.2) is 0 Å². The first-order chi connectivity index (χ1) is 10.8. The zero-order chi connectivity index (χ0) is 15.0. The Morgan fingerprint density at radius 2 is 1.14 bits per heavy atom. The summed E-state index contributed by atoms with van der Waals surface area (Å²) in [6.45, 7) is 2.32. The van der Waals surface area contributed by atoms with Crippen LogP contribution in [0.5, 0.6) is 0 Å². The van der Waals surface area contributed by atoms with Crippen LogP contribution in [0.25, 0.3) is 11.1 Å². The Morgan fingerprint density at radius 1 is 0.636 bits per heavy atom. The Labute approximate surface area is 132 Å². The van der Waals surface area contributed by atoms with Gasteiger partial charge in [0.15, 0.2) is 0 Å². The molecule has 0 heterocycles. The quantitative estimate of drug-likeness (QED) is 0.586. The van der Waals surface area contributed by atoms with Crippen molar-refractivity contribution in [2.75, 3.05) is 0 Å². The van der Waals surface area contributed by atoms with E-state index < -0.39 is 0 Å². The van der Waals surface area contributed by atoms with Crippen LogP contribution in [0.1, 0.15) is 30.0 Å². The lowest BCUT2D eigenvalue weighted by Crippen LogP contribution is -2.27. The molecule has 0 aliphatic heterocycles. The molecule has 0 nitrogen and oxygen atoms in total. The van der Waals surface area contributed by atoms with E-state index in [-0.39, 0.29) is 5.41 Å². The molecule has 0 saturated heterocycles. The minimum atomic E-state index is 0.106. The van der Waals surface area contributed by atoms with E-state index in [1.807, 2.05) is 0 Å². The molecule has 0 fully saturated rings. The van der Waals surface area contributed by atoms with Gasteiger partial charge < -0.3 is 0 Å². The van der Waals surface area contributed by atoms with Crippen LogP contribution in [0.3, 0.4) is 0 Å². The van der Waals surface area contributed by atoms with E-state index in [1.165, 1.54) is 27.8 Å². The van der Waals surface area contributed by atoms with Crippen LogP contribution in [-0.4, -0.2) is 0 Å². The Balaban J connectivity index is 1.95. The summed E-state index contributed by atoms with van der Waals surface area (Å²) < 4.78 is 0. The minimum Gasteiger partial charge on any atom is -0.0642 e. The van der Waals surface area contributed by atoms with Gasteiger partial charge >= 0.3 is 0 Å². The van der Waals surface area contributed by atoms with Gasteiger partial charge in [-0.2, -0.15) is 0 Å². The first-order valence-electron chi connectivity index (χ1n) is 8.08. The molecule has 1 aliphatic rings. The predicted octanol–water partition coefficient (Wildman–Crippen LogP) is 5.61.